The zero-order valence-electron chi connectivity index (χ0n) is 15.8. The molecule has 146 valence electrons. The first kappa shape index (κ1) is 18.4. The number of ether oxygens (including phenoxy) is 1. The van der Waals surface area contributed by atoms with Gasteiger partial charge in [-0.25, -0.2) is 0 Å². The zero-order valence-corrected chi connectivity index (χ0v) is 15.8. The fourth-order valence-corrected chi connectivity index (χ4v) is 5.01. The van der Waals surface area contributed by atoms with Gasteiger partial charge in [-0.1, -0.05) is 30.3 Å². The molecule has 0 aromatic heterocycles. The third-order valence-corrected chi connectivity index (χ3v) is 6.69. The van der Waals surface area contributed by atoms with E-state index in [-0.39, 0.29) is 36.5 Å². The van der Waals surface area contributed by atoms with Gasteiger partial charge in [-0.15, -0.1) is 0 Å². The number of rotatable bonds is 2. The average molecular weight is 372 g/mol. The van der Waals surface area contributed by atoms with Crippen LogP contribution in [0.25, 0.3) is 0 Å². The summed E-state index contributed by atoms with van der Waals surface area (Å²) in [6, 6.07) is 10.0. The Morgan fingerprint density at radius 1 is 1.19 bits per heavy atom. The number of hydrogen-bond acceptors (Lipinski definition) is 4. The quantitative estimate of drug-likeness (QED) is 0.855. The maximum Gasteiger partial charge on any atom is 0.249 e. The smallest absolute Gasteiger partial charge is 0.249 e. The number of carbonyl (C=O) groups excluding carboxylic acids is 2. The van der Waals surface area contributed by atoms with E-state index in [4.69, 9.17) is 4.74 Å². The SMILES string of the molecule is CN1C(=O)CO[C@@H]2CN(C(=O)C3CCC(O)CC3)CC[C@]21c1ccccc1. The molecule has 0 bridgehead atoms. The molecule has 1 aliphatic carbocycles. The van der Waals surface area contributed by atoms with E-state index in [9.17, 15) is 14.7 Å². The Hall–Kier alpha value is -1.92. The third-order valence-electron chi connectivity index (χ3n) is 6.69. The van der Waals surface area contributed by atoms with Gasteiger partial charge in [-0.2, -0.15) is 0 Å². The van der Waals surface area contributed by atoms with E-state index in [1.807, 2.05) is 47.2 Å². The lowest BCUT2D eigenvalue weighted by atomic mass is 9.75. The molecule has 3 aliphatic rings. The summed E-state index contributed by atoms with van der Waals surface area (Å²) in [6.07, 6.45) is 3.10. The van der Waals surface area contributed by atoms with Crippen LogP contribution in [-0.4, -0.2) is 65.7 Å². The van der Waals surface area contributed by atoms with Gasteiger partial charge in [0.2, 0.25) is 11.8 Å². The number of piperidine rings is 1. The largest absolute Gasteiger partial charge is 0.393 e. The van der Waals surface area contributed by atoms with Gasteiger partial charge in [-0.05, 0) is 37.7 Å². The minimum atomic E-state index is -0.518. The molecule has 0 spiro atoms. The summed E-state index contributed by atoms with van der Waals surface area (Å²) in [5.74, 6) is 0.156. The second kappa shape index (κ2) is 7.24. The van der Waals surface area contributed by atoms with Crippen molar-refractivity contribution in [1.82, 2.24) is 9.80 Å². The van der Waals surface area contributed by atoms with E-state index in [1.54, 1.807) is 0 Å². The first-order valence-electron chi connectivity index (χ1n) is 9.93. The Kier molecular flexibility index (Phi) is 4.95. The number of likely N-dealkylation sites (N-methyl/N-ethyl adjacent to an activating group) is 1. The number of morpholine rings is 1. The summed E-state index contributed by atoms with van der Waals surface area (Å²) in [6.45, 7) is 1.18. The highest BCUT2D eigenvalue weighted by Gasteiger charge is 2.53. The second-order valence-electron chi connectivity index (χ2n) is 8.08. The highest BCUT2D eigenvalue weighted by molar-refractivity contribution is 5.81. The normalized spacial score (nSPS) is 34.3. The van der Waals surface area contributed by atoms with E-state index >= 15 is 0 Å². The minimum absolute atomic E-state index is 0.000535. The molecule has 2 heterocycles. The molecule has 3 fully saturated rings. The predicted octanol–water partition coefficient (Wildman–Crippen LogP) is 1.52. The van der Waals surface area contributed by atoms with Gasteiger partial charge in [0.15, 0.2) is 0 Å². The second-order valence-corrected chi connectivity index (χ2v) is 8.08. The molecule has 4 rings (SSSR count). The van der Waals surface area contributed by atoms with Crippen LogP contribution in [0.3, 0.4) is 0 Å². The highest BCUT2D eigenvalue weighted by atomic mass is 16.5. The summed E-state index contributed by atoms with van der Waals surface area (Å²) in [7, 11) is 1.85. The van der Waals surface area contributed by atoms with Crippen LogP contribution in [0.4, 0.5) is 0 Å². The van der Waals surface area contributed by atoms with Crippen molar-refractivity contribution >= 4 is 11.8 Å². The van der Waals surface area contributed by atoms with Crippen LogP contribution in [0.15, 0.2) is 30.3 Å². The van der Waals surface area contributed by atoms with Crippen molar-refractivity contribution in [2.24, 2.45) is 5.92 Å². The van der Waals surface area contributed by atoms with Gasteiger partial charge in [-0.3, -0.25) is 9.59 Å². The Morgan fingerprint density at radius 2 is 1.89 bits per heavy atom. The molecule has 0 radical (unpaired) electrons. The van der Waals surface area contributed by atoms with Gasteiger partial charge < -0.3 is 19.6 Å². The highest BCUT2D eigenvalue weighted by Crippen LogP contribution is 2.42. The molecule has 1 aromatic carbocycles. The fraction of sp³-hybridized carbons (Fsp3) is 0.619. The lowest BCUT2D eigenvalue weighted by Gasteiger charge is -2.55. The summed E-state index contributed by atoms with van der Waals surface area (Å²) in [5.41, 5.74) is 0.550. The molecule has 1 aromatic rings. The first-order valence-corrected chi connectivity index (χ1v) is 9.93. The number of likely N-dealkylation sites (tertiary alicyclic amines) is 1. The van der Waals surface area contributed by atoms with Crippen molar-refractivity contribution in [2.45, 2.75) is 49.9 Å². The Morgan fingerprint density at radius 3 is 2.59 bits per heavy atom. The van der Waals surface area contributed by atoms with Crippen LogP contribution in [-0.2, 0) is 19.9 Å². The average Bonchev–Trinajstić information content (AvgIpc) is 2.71. The van der Waals surface area contributed by atoms with E-state index in [2.05, 4.69) is 0 Å². The van der Waals surface area contributed by atoms with Crippen LogP contribution < -0.4 is 0 Å². The van der Waals surface area contributed by atoms with Crippen molar-refractivity contribution in [3.05, 3.63) is 35.9 Å². The molecule has 27 heavy (non-hydrogen) atoms. The summed E-state index contributed by atoms with van der Waals surface area (Å²) >= 11 is 0. The van der Waals surface area contributed by atoms with Crippen LogP contribution >= 0.6 is 0 Å². The number of nitrogens with zero attached hydrogens (tertiary/aromatic N) is 2. The van der Waals surface area contributed by atoms with Gasteiger partial charge >= 0.3 is 0 Å². The molecule has 2 aliphatic heterocycles. The van der Waals surface area contributed by atoms with Crippen molar-refractivity contribution in [1.29, 1.82) is 0 Å². The summed E-state index contributed by atoms with van der Waals surface area (Å²) < 4.78 is 5.98. The molecular weight excluding hydrogens is 344 g/mol. The molecule has 6 heteroatoms. The molecule has 2 atom stereocenters. The van der Waals surface area contributed by atoms with Gasteiger partial charge in [0, 0.05) is 26.1 Å². The van der Waals surface area contributed by atoms with E-state index < -0.39 is 5.54 Å². The number of amides is 2. The van der Waals surface area contributed by atoms with E-state index in [0.717, 1.165) is 18.4 Å². The number of hydrogen-bond donors (Lipinski definition) is 1. The lowest BCUT2D eigenvalue weighted by molar-refractivity contribution is -0.185. The van der Waals surface area contributed by atoms with Gasteiger partial charge in [0.1, 0.15) is 12.7 Å². The molecule has 1 N–H and O–H groups in total. The fourth-order valence-electron chi connectivity index (χ4n) is 5.01. The maximum atomic E-state index is 13.0. The summed E-state index contributed by atoms with van der Waals surface area (Å²) in [4.78, 5) is 29.2. The van der Waals surface area contributed by atoms with Crippen molar-refractivity contribution < 1.29 is 19.4 Å². The molecule has 2 amide bonds. The predicted molar refractivity (Wildman–Crippen MR) is 99.8 cm³/mol. The standard InChI is InChI=1S/C21H28N2O4/c1-22-19(25)14-27-18-13-23(20(26)15-7-9-17(24)10-8-15)12-11-21(18,22)16-5-3-2-4-6-16/h2-6,15,17-18,24H,7-14H2,1H3/t15?,17?,18-,21+/m1/s1. The first-order chi connectivity index (χ1) is 13.0. The number of aliphatic hydroxyl groups is 1. The Labute approximate surface area is 160 Å². The van der Waals surface area contributed by atoms with Crippen LogP contribution in [0.2, 0.25) is 0 Å². The lowest BCUT2D eigenvalue weighted by Crippen LogP contribution is -2.67. The number of fused-ring (bicyclic) bond motifs is 1. The van der Waals surface area contributed by atoms with Crippen molar-refractivity contribution in [3.63, 3.8) is 0 Å². The van der Waals surface area contributed by atoms with Crippen LogP contribution in [0.5, 0.6) is 0 Å². The van der Waals surface area contributed by atoms with Crippen LogP contribution in [0, 0.1) is 5.92 Å². The molecule has 0 unspecified atom stereocenters. The van der Waals surface area contributed by atoms with Gasteiger partial charge in [0.25, 0.3) is 0 Å². The molecule has 6 nitrogen and oxygen atoms in total. The minimum Gasteiger partial charge on any atom is -0.393 e. The van der Waals surface area contributed by atoms with E-state index in [0.29, 0.717) is 32.4 Å². The van der Waals surface area contributed by atoms with Crippen molar-refractivity contribution in [2.75, 3.05) is 26.7 Å². The number of carbonyl (C=O) groups is 2. The third kappa shape index (κ3) is 3.15. The maximum absolute atomic E-state index is 13.0. The van der Waals surface area contributed by atoms with Gasteiger partial charge in [0.05, 0.1) is 11.6 Å². The number of benzene rings is 1. The van der Waals surface area contributed by atoms with Crippen molar-refractivity contribution in [3.8, 4) is 0 Å². The number of aliphatic hydroxyl groups excluding tert-OH is 1. The summed E-state index contributed by atoms with van der Waals surface area (Å²) in [5, 5.41) is 9.71. The Bertz CT molecular complexity index is 701. The Balaban J connectivity index is 1.56. The molecular formula is C21H28N2O4. The van der Waals surface area contributed by atoms with E-state index in [1.165, 1.54) is 0 Å². The molecule has 1 saturated carbocycles. The topological polar surface area (TPSA) is 70.1 Å². The monoisotopic (exact) mass is 372 g/mol. The van der Waals surface area contributed by atoms with Crippen LogP contribution in [0.1, 0.15) is 37.7 Å². The zero-order chi connectivity index (χ0) is 19.0. The molecule has 2 saturated heterocycles.